The first-order chi connectivity index (χ1) is 10.3. The Hall–Kier alpha value is -1.84. The molecule has 0 radical (unpaired) electrons. The second-order valence-corrected chi connectivity index (χ2v) is 5.05. The summed E-state index contributed by atoms with van der Waals surface area (Å²) < 4.78 is 5.62. The first kappa shape index (κ1) is 15.5. The Bertz CT molecular complexity index is 528. The van der Waals surface area contributed by atoms with Crippen LogP contribution in [0.15, 0.2) is 54.6 Å². The van der Waals surface area contributed by atoms with Crippen LogP contribution < -0.4 is 10.1 Å². The van der Waals surface area contributed by atoms with Gasteiger partial charge in [-0.1, -0.05) is 49.4 Å². The van der Waals surface area contributed by atoms with Crippen molar-refractivity contribution in [1.82, 2.24) is 5.32 Å². The molecule has 1 atom stereocenters. The van der Waals surface area contributed by atoms with Gasteiger partial charge in [0.1, 0.15) is 5.75 Å². The zero-order valence-electron chi connectivity index (χ0n) is 12.5. The summed E-state index contributed by atoms with van der Waals surface area (Å²) in [5, 5.41) is 13.4. The fourth-order valence-electron chi connectivity index (χ4n) is 2.11. The Labute approximate surface area is 126 Å². The van der Waals surface area contributed by atoms with E-state index in [1.54, 1.807) is 0 Å². The first-order valence-corrected chi connectivity index (χ1v) is 7.45. The van der Waals surface area contributed by atoms with Crippen LogP contribution in [-0.4, -0.2) is 18.3 Å². The lowest BCUT2D eigenvalue weighted by Gasteiger charge is -2.12. The molecule has 0 saturated carbocycles. The van der Waals surface area contributed by atoms with Crippen LogP contribution in [0.25, 0.3) is 0 Å². The van der Waals surface area contributed by atoms with Gasteiger partial charge < -0.3 is 15.2 Å². The van der Waals surface area contributed by atoms with Gasteiger partial charge >= 0.3 is 0 Å². The normalized spacial score (nSPS) is 12.1. The second-order valence-electron chi connectivity index (χ2n) is 5.05. The second kappa shape index (κ2) is 8.45. The molecule has 0 aliphatic rings. The van der Waals surface area contributed by atoms with Crippen molar-refractivity contribution in [1.29, 1.82) is 0 Å². The largest absolute Gasteiger partial charge is 0.494 e. The molecule has 2 rings (SSSR count). The molecule has 0 aliphatic heterocycles. The number of benzene rings is 2. The van der Waals surface area contributed by atoms with E-state index in [4.69, 9.17) is 4.74 Å². The van der Waals surface area contributed by atoms with Crippen LogP contribution in [0.2, 0.25) is 0 Å². The Morgan fingerprint density at radius 1 is 1.10 bits per heavy atom. The molecule has 0 spiro atoms. The average molecular weight is 285 g/mol. The van der Waals surface area contributed by atoms with Crippen molar-refractivity contribution < 1.29 is 9.84 Å². The molecule has 112 valence electrons. The molecule has 0 saturated heterocycles. The molecule has 2 aromatic carbocycles. The van der Waals surface area contributed by atoms with Crippen LogP contribution in [-0.2, 0) is 6.54 Å². The van der Waals surface area contributed by atoms with Gasteiger partial charge in [0.15, 0.2) is 0 Å². The minimum atomic E-state index is -0.481. The highest BCUT2D eigenvalue weighted by Gasteiger charge is 2.06. The lowest BCUT2D eigenvalue weighted by Crippen LogP contribution is -2.21. The summed E-state index contributed by atoms with van der Waals surface area (Å²) in [7, 11) is 0. The van der Waals surface area contributed by atoms with Gasteiger partial charge in [-0.25, -0.2) is 0 Å². The molecule has 0 amide bonds. The van der Waals surface area contributed by atoms with E-state index >= 15 is 0 Å². The minimum absolute atomic E-state index is 0.481. The van der Waals surface area contributed by atoms with E-state index in [0.717, 1.165) is 29.9 Å². The van der Waals surface area contributed by atoms with Gasteiger partial charge in [0.05, 0.1) is 12.7 Å². The molecule has 0 fully saturated rings. The molecule has 0 aliphatic carbocycles. The number of aliphatic hydroxyl groups is 1. The minimum Gasteiger partial charge on any atom is -0.494 e. The standard InChI is InChI=1S/C18H23NO2/c1-2-11-21-17-10-6-7-15(12-17)13-19-14-18(20)16-8-4-3-5-9-16/h3-10,12,18-20H,2,11,13-14H2,1H3/t18-/m1/s1. The van der Waals surface area contributed by atoms with Gasteiger partial charge in [-0.15, -0.1) is 0 Å². The lowest BCUT2D eigenvalue weighted by molar-refractivity contribution is 0.174. The third kappa shape index (κ3) is 5.21. The Balaban J connectivity index is 1.80. The number of nitrogens with one attached hydrogen (secondary N) is 1. The number of hydrogen-bond acceptors (Lipinski definition) is 3. The van der Waals surface area contributed by atoms with E-state index in [9.17, 15) is 5.11 Å². The summed E-state index contributed by atoms with van der Waals surface area (Å²) in [6.07, 6.45) is 0.525. The number of hydrogen-bond donors (Lipinski definition) is 2. The van der Waals surface area contributed by atoms with Crippen molar-refractivity contribution >= 4 is 0 Å². The topological polar surface area (TPSA) is 41.5 Å². The summed E-state index contributed by atoms with van der Waals surface area (Å²) in [6, 6.07) is 17.8. The van der Waals surface area contributed by atoms with E-state index in [0.29, 0.717) is 13.1 Å². The maximum Gasteiger partial charge on any atom is 0.119 e. The summed E-state index contributed by atoms with van der Waals surface area (Å²) in [6.45, 7) is 4.08. The molecule has 0 bridgehead atoms. The van der Waals surface area contributed by atoms with E-state index in [2.05, 4.69) is 18.3 Å². The smallest absolute Gasteiger partial charge is 0.119 e. The van der Waals surface area contributed by atoms with Crippen molar-refractivity contribution in [3.8, 4) is 5.75 Å². The van der Waals surface area contributed by atoms with Gasteiger partial charge in [-0.3, -0.25) is 0 Å². The highest BCUT2D eigenvalue weighted by Crippen LogP contribution is 2.14. The maximum atomic E-state index is 10.1. The zero-order valence-corrected chi connectivity index (χ0v) is 12.5. The molecule has 3 nitrogen and oxygen atoms in total. The third-order valence-corrected chi connectivity index (χ3v) is 3.22. The van der Waals surface area contributed by atoms with Crippen LogP contribution >= 0.6 is 0 Å². The molecule has 0 unspecified atom stereocenters. The van der Waals surface area contributed by atoms with Gasteiger partial charge in [-0.05, 0) is 29.7 Å². The molecule has 3 heteroatoms. The lowest BCUT2D eigenvalue weighted by atomic mass is 10.1. The molecular formula is C18H23NO2. The highest BCUT2D eigenvalue weighted by molar-refractivity contribution is 5.28. The van der Waals surface area contributed by atoms with Crippen molar-refractivity contribution in [2.24, 2.45) is 0 Å². The van der Waals surface area contributed by atoms with Gasteiger partial charge in [0, 0.05) is 13.1 Å². The number of ether oxygens (including phenoxy) is 1. The van der Waals surface area contributed by atoms with Crippen LogP contribution in [0.3, 0.4) is 0 Å². The fraction of sp³-hybridized carbons (Fsp3) is 0.333. The monoisotopic (exact) mass is 285 g/mol. The van der Waals surface area contributed by atoms with Crippen molar-refractivity contribution in [3.63, 3.8) is 0 Å². The van der Waals surface area contributed by atoms with Gasteiger partial charge in [-0.2, -0.15) is 0 Å². The average Bonchev–Trinajstić information content (AvgIpc) is 2.54. The summed E-state index contributed by atoms with van der Waals surface area (Å²) in [5.74, 6) is 0.903. The van der Waals surface area contributed by atoms with Crippen LogP contribution in [0, 0.1) is 0 Å². The quantitative estimate of drug-likeness (QED) is 0.782. The van der Waals surface area contributed by atoms with E-state index in [-0.39, 0.29) is 0 Å². The molecular weight excluding hydrogens is 262 g/mol. The Morgan fingerprint density at radius 2 is 1.90 bits per heavy atom. The maximum absolute atomic E-state index is 10.1. The van der Waals surface area contributed by atoms with Crippen LogP contribution in [0.1, 0.15) is 30.6 Å². The van der Waals surface area contributed by atoms with Crippen molar-refractivity contribution in [2.75, 3.05) is 13.2 Å². The summed E-state index contributed by atoms with van der Waals surface area (Å²) in [4.78, 5) is 0. The molecule has 0 aromatic heterocycles. The fourth-order valence-corrected chi connectivity index (χ4v) is 2.11. The zero-order chi connectivity index (χ0) is 14.9. The Kier molecular flexibility index (Phi) is 6.25. The molecule has 21 heavy (non-hydrogen) atoms. The SMILES string of the molecule is CCCOc1cccc(CNC[C@@H](O)c2ccccc2)c1. The predicted molar refractivity (Wildman–Crippen MR) is 85.3 cm³/mol. The summed E-state index contributed by atoms with van der Waals surface area (Å²) >= 11 is 0. The van der Waals surface area contributed by atoms with Crippen LogP contribution in [0.4, 0.5) is 0 Å². The third-order valence-electron chi connectivity index (χ3n) is 3.22. The van der Waals surface area contributed by atoms with Gasteiger partial charge in [0.2, 0.25) is 0 Å². The van der Waals surface area contributed by atoms with E-state index in [1.807, 2.05) is 48.5 Å². The van der Waals surface area contributed by atoms with Crippen LogP contribution in [0.5, 0.6) is 5.75 Å². The molecule has 2 N–H and O–H groups in total. The molecule has 0 heterocycles. The van der Waals surface area contributed by atoms with Gasteiger partial charge in [0.25, 0.3) is 0 Å². The number of rotatable bonds is 8. The predicted octanol–water partition coefficient (Wildman–Crippen LogP) is 3.30. The number of aliphatic hydroxyl groups excluding tert-OH is 1. The summed E-state index contributed by atoms with van der Waals surface area (Å²) in [5.41, 5.74) is 2.09. The van der Waals surface area contributed by atoms with Crippen molar-refractivity contribution in [2.45, 2.75) is 26.0 Å². The molecule has 2 aromatic rings. The first-order valence-electron chi connectivity index (χ1n) is 7.45. The van der Waals surface area contributed by atoms with E-state index < -0.39 is 6.10 Å². The van der Waals surface area contributed by atoms with Crippen molar-refractivity contribution in [3.05, 3.63) is 65.7 Å². The Morgan fingerprint density at radius 3 is 2.67 bits per heavy atom. The van der Waals surface area contributed by atoms with E-state index in [1.165, 1.54) is 0 Å². The highest BCUT2D eigenvalue weighted by atomic mass is 16.5.